The molecule has 11 heteroatoms. The highest BCUT2D eigenvalue weighted by atomic mass is 31.2. The number of amides is 1. The largest absolute Gasteiger partial charge is 0.525 e. The van der Waals surface area contributed by atoms with Crippen molar-refractivity contribution in [3.63, 3.8) is 0 Å². The average Bonchev–Trinajstić information content (AvgIpc) is 3.49. The maximum Gasteiger partial charge on any atom is 0.525 e. The highest BCUT2D eigenvalue weighted by Gasteiger charge is 2.27. The van der Waals surface area contributed by atoms with Gasteiger partial charge in [0.05, 0.1) is 40.6 Å². The summed E-state index contributed by atoms with van der Waals surface area (Å²) in [6, 6.07) is 12.4. The van der Waals surface area contributed by atoms with Crippen LogP contribution in [-0.2, 0) is 15.9 Å². The van der Waals surface area contributed by atoms with E-state index in [0.29, 0.717) is 17.1 Å². The standard InChI is InChI=1S/C27H28NO9P/c1-16-21(10-17-11-24(34-3)27(25(12-17)35-4)37-38(30,31)32)20-8-7-18(33-2)13-23(20)22(16)14-26(29)28-15-19-6-5-9-36-19/h5-13H,14-15H2,1-4H3,(H,28,29)(H2,30,31,32). The molecule has 38 heavy (non-hydrogen) atoms. The molecule has 3 aromatic rings. The van der Waals surface area contributed by atoms with Crippen molar-refractivity contribution in [2.75, 3.05) is 21.3 Å². The molecule has 0 fully saturated rings. The number of furan rings is 1. The smallest absolute Gasteiger partial charge is 0.497 e. The molecule has 0 radical (unpaired) electrons. The lowest BCUT2D eigenvalue weighted by atomic mass is 10.00. The number of carbonyl (C=O) groups excluding carboxylic acids is 1. The highest BCUT2D eigenvalue weighted by Crippen LogP contribution is 2.49. The lowest BCUT2D eigenvalue weighted by Crippen LogP contribution is -2.22. The predicted molar refractivity (Wildman–Crippen MR) is 141 cm³/mol. The molecule has 1 aliphatic rings. The zero-order valence-electron chi connectivity index (χ0n) is 21.3. The van der Waals surface area contributed by atoms with E-state index in [1.807, 2.05) is 31.2 Å². The molecule has 1 amide bonds. The predicted octanol–water partition coefficient (Wildman–Crippen LogP) is 4.81. The normalized spacial score (nSPS) is 13.9. The molecule has 0 bridgehead atoms. The van der Waals surface area contributed by atoms with Crippen molar-refractivity contribution >= 4 is 31.0 Å². The first-order valence-corrected chi connectivity index (χ1v) is 13.1. The first-order valence-electron chi connectivity index (χ1n) is 11.5. The van der Waals surface area contributed by atoms with Crippen molar-refractivity contribution in [3.05, 3.63) is 76.8 Å². The van der Waals surface area contributed by atoms with Gasteiger partial charge in [-0.1, -0.05) is 6.07 Å². The minimum atomic E-state index is -4.86. The summed E-state index contributed by atoms with van der Waals surface area (Å²) in [4.78, 5) is 31.4. The summed E-state index contributed by atoms with van der Waals surface area (Å²) < 4.78 is 37.6. The van der Waals surface area contributed by atoms with Gasteiger partial charge in [-0.2, -0.15) is 0 Å². The summed E-state index contributed by atoms with van der Waals surface area (Å²) in [6.45, 7) is 2.22. The fourth-order valence-corrected chi connectivity index (χ4v) is 4.71. The Morgan fingerprint density at radius 3 is 2.32 bits per heavy atom. The first kappa shape index (κ1) is 27.1. The quantitative estimate of drug-likeness (QED) is 0.309. The molecule has 1 heterocycles. The van der Waals surface area contributed by atoms with Crippen LogP contribution < -0.4 is 24.1 Å². The lowest BCUT2D eigenvalue weighted by Gasteiger charge is -2.16. The summed E-state index contributed by atoms with van der Waals surface area (Å²) in [7, 11) is -0.551. The number of hydrogen-bond acceptors (Lipinski definition) is 7. The second kappa shape index (κ2) is 11.2. The van der Waals surface area contributed by atoms with Gasteiger partial charge in [0.25, 0.3) is 0 Å². The molecule has 1 aromatic heterocycles. The molecular weight excluding hydrogens is 513 g/mol. The maximum absolute atomic E-state index is 12.8. The van der Waals surface area contributed by atoms with Gasteiger partial charge in [0, 0.05) is 0 Å². The number of phosphoric acid groups is 1. The zero-order valence-corrected chi connectivity index (χ0v) is 22.2. The van der Waals surface area contributed by atoms with Crippen LogP contribution in [0.1, 0.15) is 35.8 Å². The second-order valence-corrected chi connectivity index (χ2v) is 9.61. The fourth-order valence-electron chi connectivity index (χ4n) is 4.30. The lowest BCUT2D eigenvalue weighted by molar-refractivity contribution is -0.120. The summed E-state index contributed by atoms with van der Waals surface area (Å²) in [5.41, 5.74) is 5.03. The Morgan fingerprint density at radius 1 is 1.03 bits per heavy atom. The Labute approximate surface area is 219 Å². The van der Waals surface area contributed by atoms with Crippen LogP contribution in [0, 0.1) is 0 Å². The van der Waals surface area contributed by atoms with E-state index < -0.39 is 7.82 Å². The van der Waals surface area contributed by atoms with Gasteiger partial charge in [0.15, 0.2) is 11.5 Å². The molecule has 1 aliphatic carbocycles. The Morgan fingerprint density at radius 2 is 1.74 bits per heavy atom. The van der Waals surface area contributed by atoms with Gasteiger partial charge in [-0.15, -0.1) is 0 Å². The van der Waals surface area contributed by atoms with Crippen LogP contribution in [0.3, 0.4) is 0 Å². The molecule has 0 saturated heterocycles. The van der Waals surface area contributed by atoms with E-state index in [0.717, 1.165) is 27.8 Å². The molecule has 4 rings (SSSR count). The van der Waals surface area contributed by atoms with E-state index >= 15 is 0 Å². The number of allylic oxidation sites excluding steroid dienone is 2. The minimum Gasteiger partial charge on any atom is -0.497 e. The van der Waals surface area contributed by atoms with Gasteiger partial charge in [-0.3, -0.25) is 14.6 Å². The molecular formula is C27H28NO9P. The number of phosphoric ester groups is 1. The van der Waals surface area contributed by atoms with Gasteiger partial charge < -0.3 is 28.5 Å². The van der Waals surface area contributed by atoms with Crippen molar-refractivity contribution in [3.8, 4) is 23.0 Å². The van der Waals surface area contributed by atoms with Crippen LogP contribution in [0.5, 0.6) is 23.0 Å². The number of methoxy groups -OCH3 is 3. The van der Waals surface area contributed by atoms with E-state index in [4.69, 9.17) is 23.2 Å². The van der Waals surface area contributed by atoms with Crippen LogP contribution in [0.2, 0.25) is 0 Å². The van der Waals surface area contributed by atoms with E-state index in [2.05, 4.69) is 5.32 Å². The molecule has 0 aliphatic heterocycles. The van der Waals surface area contributed by atoms with Crippen LogP contribution in [0.4, 0.5) is 0 Å². The molecule has 10 nitrogen and oxygen atoms in total. The Hall–Kier alpha value is -3.98. The third kappa shape index (κ3) is 5.94. The molecule has 0 spiro atoms. The number of benzene rings is 2. The number of ether oxygens (including phenoxy) is 3. The molecule has 0 saturated carbocycles. The van der Waals surface area contributed by atoms with Gasteiger partial charge in [-0.25, -0.2) is 4.57 Å². The van der Waals surface area contributed by atoms with Crippen molar-refractivity contribution in [1.82, 2.24) is 5.32 Å². The van der Waals surface area contributed by atoms with Crippen LogP contribution in [0.15, 0.2) is 58.7 Å². The SMILES string of the molecule is COc1ccc2c(c1)C(CC(=O)NCc1ccco1)=C(C)C2=Cc1cc(OC)c(OP(=O)(O)O)c(OC)c1. The van der Waals surface area contributed by atoms with Crippen molar-refractivity contribution < 1.29 is 42.3 Å². The van der Waals surface area contributed by atoms with Crippen molar-refractivity contribution in [1.29, 1.82) is 0 Å². The molecule has 0 atom stereocenters. The zero-order chi connectivity index (χ0) is 27.4. The van der Waals surface area contributed by atoms with Crippen LogP contribution in [-0.4, -0.2) is 37.0 Å². The summed E-state index contributed by atoms with van der Waals surface area (Å²) in [5.74, 6) is 1.13. The topological polar surface area (TPSA) is 137 Å². The molecule has 2 aromatic carbocycles. The number of rotatable bonds is 10. The average molecular weight is 541 g/mol. The fraction of sp³-hybridized carbons (Fsp3) is 0.222. The van der Waals surface area contributed by atoms with Gasteiger partial charge >= 0.3 is 7.82 Å². The number of fused-ring (bicyclic) bond motifs is 1. The van der Waals surface area contributed by atoms with Crippen LogP contribution >= 0.6 is 7.82 Å². The Kier molecular flexibility index (Phi) is 7.97. The van der Waals surface area contributed by atoms with Gasteiger partial charge in [0.2, 0.25) is 11.7 Å². The second-order valence-electron chi connectivity index (χ2n) is 8.44. The van der Waals surface area contributed by atoms with Gasteiger partial charge in [-0.05, 0) is 82.8 Å². The number of carbonyl (C=O) groups is 1. The summed E-state index contributed by atoms with van der Waals surface area (Å²) >= 11 is 0. The molecule has 3 N–H and O–H groups in total. The maximum atomic E-state index is 12.8. The number of hydrogen-bond donors (Lipinski definition) is 3. The van der Waals surface area contributed by atoms with Crippen molar-refractivity contribution in [2.45, 2.75) is 19.9 Å². The van der Waals surface area contributed by atoms with E-state index in [9.17, 15) is 19.1 Å². The summed E-state index contributed by atoms with van der Waals surface area (Å²) in [5, 5.41) is 2.88. The van der Waals surface area contributed by atoms with E-state index in [1.54, 1.807) is 37.6 Å². The minimum absolute atomic E-state index is 0.0895. The van der Waals surface area contributed by atoms with E-state index in [-0.39, 0.29) is 36.1 Å². The monoisotopic (exact) mass is 541 g/mol. The Bertz CT molecular complexity index is 1430. The molecule has 0 unspecified atom stereocenters. The Balaban J connectivity index is 1.74. The van der Waals surface area contributed by atoms with E-state index in [1.165, 1.54) is 14.2 Å². The van der Waals surface area contributed by atoms with Crippen LogP contribution in [0.25, 0.3) is 17.2 Å². The van der Waals surface area contributed by atoms with Crippen molar-refractivity contribution in [2.24, 2.45) is 0 Å². The first-order chi connectivity index (χ1) is 18.1. The van der Waals surface area contributed by atoms with Gasteiger partial charge in [0.1, 0.15) is 11.5 Å². The highest BCUT2D eigenvalue weighted by molar-refractivity contribution is 7.46. The number of nitrogens with one attached hydrogen (secondary N) is 1. The summed E-state index contributed by atoms with van der Waals surface area (Å²) in [6.07, 6.45) is 3.59. The third-order valence-electron chi connectivity index (χ3n) is 6.08. The molecule has 200 valence electrons. The third-order valence-corrected chi connectivity index (χ3v) is 6.50.